The van der Waals surface area contributed by atoms with E-state index in [2.05, 4.69) is 15.7 Å². The molecular formula is C18H24FN5O. The largest absolute Gasteiger partial charge is 0.381 e. The number of anilines is 3. The average molecular weight is 345 g/mol. The van der Waals surface area contributed by atoms with Crippen molar-refractivity contribution in [3.8, 4) is 0 Å². The Morgan fingerprint density at radius 1 is 1.36 bits per heavy atom. The zero-order valence-electron chi connectivity index (χ0n) is 15.0. The van der Waals surface area contributed by atoms with Crippen LogP contribution in [0.15, 0.2) is 24.3 Å². The molecule has 1 saturated heterocycles. The highest BCUT2D eigenvalue weighted by Gasteiger charge is 2.34. The van der Waals surface area contributed by atoms with Crippen LogP contribution >= 0.6 is 0 Å². The predicted octanol–water partition coefficient (Wildman–Crippen LogP) is 2.91. The molecule has 2 aromatic rings. The Labute approximate surface area is 147 Å². The van der Waals surface area contributed by atoms with Gasteiger partial charge in [0.05, 0.1) is 17.1 Å². The third-order valence-electron chi connectivity index (χ3n) is 4.24. The summed E-state index contributed by atoms with van der Waals surface area (Å²) in [7, 11) is 1.82. The molecule has 1 unspecified atom stereocenters. The summed E-state index contributed by atoms with van der Waals surface area (Å²) in [5, 5.41) is 10.6. The van der Waals surface area contributed by atoms with Crippen LogP contribution in [0.5, 0.6) is 0 Å². The molecule has 6 nitrogen and oxygen atoms in total. The molecule has 0 saturated carbocycles. The van der Waals surface area contributed by atoms with Crippen LogP contribution in [-0.4, -0.2) is 34.3 Å². The van der Waals surface area contributed by atoms with Crippen molar-refractivity contribution in [3.63, 3.8) is 0 Å². The number of rotatable bonds is 5. The van der Waals surface area contributed by atoms with Gasteiger partial charge in [0.15, 0.2) is 0 Å². The minimum Gasteiger partial charge on any atom is -0.381 e. The molecule has 0 radical (unpaired) electrons. The number of nitrogens with zero attached hydrogens (tertiary/aromatic N) is 3. The summed E-state index contributed by atoms with van der Waals surface area (Å²) in [5.41, 5.74) is 1.87. The number of nitrogens with one attached hydrogen (secondary N) is 2. The number of carbonyl (C=O) groups is 1. The van der Waals surface area contributed by atoms with E-state index < -0.39 is 6.04 Å². The summed E-state index contributed by atoms with van der Waals surface area (Å²) < 4.78 is 16.0. The van der Waals surface area contributed by atoms with Gasteiger partial charge >= 0.3 is 0 Å². The van der Waals surface area contributed by atoms with Crippen LogP contribution in [0.1, 0.15) is 26.0 Å². The molecule has 134 valence electrons. The molecule has 1 fully saturated rings. The average Bonchev–Trinajstić information content (AvgIpc) is 3.04. The second-order valence-electron chi connectivity index (χ2n) is 6.70. The van der Waals surface area contributed by atoms with Crippen molar-refractivity contribution in [3.05, 3.63) is 35.8 Å². The fourth-order valence-electron chi connectivity index (χ4n) is 3.17. The van der Waals surface area contributed by atoms with Crippen molar-refractivity contribution in [2.45, 2.75) is 39.3 Å². The molecule has 25 heavy (non-hydrogen) atoms. The van der Waals surface area contributed by atoms with E-state index in [1.165, 1.54) is 6.07 Å². The molecule has 2 N–H and O–H groups in total. The molecule has 0 spiro atoms. The molecule has 1 aliphatic heterocycles. The third-order valence-corrected chi connectivity index (χ3v) is 4.24. The van der Waals surface area contributed by atoms with E-state index in [0.717, 1.165) is 11.5 Å². The van der Waals surface area contributed by atoms with Crippen molar-refractivity contribution in [2.24, 2.45) is 7.05 Å². The maximum absolute atomic E-state index is 14.3. The number of halogens is 1. The Hall–Kier alpha value is -2.57. The van der Waals surface area contributed by atoms with Gasteiger partial charge in [-0.15, -0.1) is 0 Å². The zero-order valence-corrected chi connectivity index (χ0v) is 15.0. The number of benzene rings is 1. The second-order valence-corrected chi connectivity index (χ2v) is 6.70. The van der Waals surface area contributed by atoms with Crippen LogP contribution in [-0.2, 0) is 11.8 Å². The quantitative estimate of drug-likeness (QED) is 0.875. The summed E-state index contributed by atoms with van der Waals surface area (Å²) in [6.45, 7) is 6.45. The lowest BCUT2D eigenvalue weighted by Gasteiger charge is -2.20. The number of hydrogen-bond donors (Lipinski definition) is 2. The van der Waals surface area contributed by atoms with E-state index in [1.54, 1.807) is 15.6 Å². The predicted molar refractivity (Wildman–Crippen MR) is 97.5 cm³/mol. The first kappa shape index (κ1) is 17.3. The topological polar surface area (TPSA) is 62.2 Å². The summed E-state index contributed by atoms with van der Waals surface area (Å²) in [5.74, 6) is 0.330. The number of amides is 1. The highest BCUT2D eigenvalue weighted by Crippen LogP contribution is 2.30. The number of aromatic nitrogens is 2. The zero-order chi connectivity index (χ0) is 18.1. The Morgan fingerprint density at radius 3 is 2.76 bits per heavy atom. The molecule has 1 aliphatic rings. The fraction of sp³-hybridized carbons (Fsp3) is 0.444. The molecule has 1 amide bonds. The molecule has 2 heterocycles. The van der Waals surface area contributed by atoms with E-state index in [9.17, 15) is 9.18 Å². The van der Waals surface area contributed by atoms with Crippen LogP contribution in [0.2, 0.25) is 0 Å². The van der Waals surface area contributed by atoms with Gasteiger partial charge in [0.25, 0.3) is 5.91 Å². The standard InChI is InChI=1S/C18H24FN5O/c1-11(2)20-14-7-5-6-13(19)17(14)21-15-8-9-24(18(15)25)16-10-12(3)22-23(16)4/h5-7,10-11,15,20-21H,8-9H2,1-4H3. The van der Waals surface area contributed by atoms with Gasteiger partial charge in [-0.25, -0.2) is 4.39 Å². The summed E-state index contributed by atoms with van der Waals surface area (Å²) >= 11 is 0. The molecule has 1 aromatic heterocycles. The number of carbonyl (C=O) groups excluding carboxylic acids is 1. The highest BCUT2D eigenvalue weighted by atomic mass is 19.1. The molecule has 7 heteroatoms. The number of hydrogen-bond acceptors (Lipinski definition) is 4. The van der Waals surface area contributed by atoms with Crippen LogP contribution < -0.4 is 15.5 Å². The maximum Gasteiger partial charge on any atom is 0.250 e. The first-order chi connectivity index (χ1) is 11.9. The smallest absolute Gasteiger partial charge is 0.250 e. The van der Waals surface area contributed by atoms with Gasteiger partial charge in [-0.2, -0.15) is 5.10 Å². The first-order valence-electron chi connectivity index (χ1n) is 8.50. The van der Waals surface area contributed by atoms with Gasteiger partial charge in [-0.3, -0.25) is 14.4 Å². The Bertz CT molecular complexity index is 786. The van der Waals surface area contributed by atoms with Gasteiger partial charge in [0, 0.05) is 25.7 Å². The van der Waals surface area contributed by atoms with Crippen LogP contribution in [0.25, 0.3) is 0 Å². The van der Waals surface area contributed by atoms with Crippen molar-refractivity contribution in [1.82, 2.24) is 9.78 Å². The first-order valence-corrected chi connectivity index (χ1v) is 8.50. The van der Waals surface area contributed by atoms with Crippen molar-refractivity contribution < 1.29 is 9.18 Å². The van der Waals surface area contributed by atoms with Crippen LogP contribution in [0.4, 0.5) is 21.6 Å². The summed E-state index contributed by atoms with van der Waals surface area (Å²) in [6.07, 6.45) is 0.610. The summed E-state index contributed by atoms with van der Waals surface area (Å²) in [4.78, 5) is 14.5. The van der Waals surface area contributed by atoms with Gasteiger partial charge in [-0.05, 0) is 39.3 Å². The van der Waals surface area contributed by atoms with Crippen molar-refractivity contribution >= 4 is 23.1 Å². The van der Waals surface area contributed by atoms with E-state index in [-0.39, 0.29) is 17.8 Å². The van der Waals surface area contributed by atoms with Gasteiger partial charge < -0.3 is 10.6 Å². The second kappa shape index (κ2) is 6.74. The molecular weight excluding hydrogens is 321 g/mol. The van der Waals surface area contributed by atoms with E-state index in [0.29, 0.717) is 24.3 Å². The normalized spacial score (nSPS) is 17.4. The fourth-order valence-corrected chi connectivity index (χ4v) is 3.17. The minimum atomic E-state index is -0.459. The van der Waals surface area contributed by atoms with Crippen LogP contribution in [0.3, 0.4) is 0 Å². The lowest BCUT2D eigenvalue weighted by Crippen LogP contribution is -2.34. The lowest BCUT2D eigenvalue weighted by atomic mass is 10.2. The van der Waals surface area contributed by atoms with Gasteiger partial charge in [0.1, 0.15) is 17.7 Å². The maximum atomic E-state index is 14.3. The molecule has 1 atom stereocenters. The van der Waals surface area contributed by atoms with Gasteiger partial charge in [0.2, 0.25) is 0 Å². The molecule has 3 rings (SSSR count). The van der Waals surface area contributed by atoms with Gasteiger partial charge in [-0.1, -0.05) is 6.07 Å². The lowest BCUT2D eigenvalue weighted by molar-refractivity contribution is -0.117. The minimum absolute atomic E-state index is 0.0678. The van der Waals surface area contributed by atoms with E-state index >= 15 is 0 Å². The monoisotopic (exact) mass is 345 g/mol. The van der Waals surface area contributed by atoms with Crippen molar-refractivity contribution in [2.75, 3.05) is 22.1 Å². The van der Waals surface area contributed by atoms with Crippen LogP contribution in [0, 0.1) is 12.7 Å². The molecule has 1 aromatic carbocycles. The Balaban J connectivity index is 1.81. The SMILES string of the molecule is Cc1cc(N2CCC(Nc3c(F)cccc3NC(C)C)C2=O)n(C)n1. The summed E-state index contributed by atoms with van der Waals surface area (Å²) in [6, 6.07) is 6.46. The number of aryl methyl sites for hydroxylation is 2. The van der Waals surface area contributed by atoms with Crippen molar-refractivity contribution in [1.29, 1.82) is 0 Å². The van der Waals surface area contributed by atoms with E-state index in [1.807, 2.05) is 40.0 Å². The molecule has 0 bridgehead atoms. The number of para-hydroxylation sites is 1. The third kappa shape index (κ3) is 3.45. The highest BCUT2D eigenvalue weighted by molar-refractivity contribution is 6.00. The Kier molecular flexibility index (Phi) is 4.65. The molecule has 0 aliphatic carbocycles. The Morgan fingerprint density at radius 2 is 2.12 bits per heavy atom. The van der Waals surface area contributed by atoms with E-state index in [4.69, 9.17) is 0 Å².